The first-order valence-corrected chi connectivity index (χ1v) is 10.5. The molecule has 4 heterocycles. The highest BCUT2D eigenvalue weighted by Crippen LogP contribution is 2.40. The SMILES string of the molecule is O=C(Cc1ccc2c(c1)CCCO2)N1CC2(C1)OCCC2COc1ncccc1F. The fourth-order valence-corrected chi connectivity index (χ4v) is 4.61. The van der Waals surface area contributed by atoms with E-state index in [1.807, 2.05) is 17.0 Å². The van der Waals surface area contributed by atoms with Crippen LogP contribution in [-0.2, 0) is 22.4 Å². The minimum atomic E-state index is -0.466. The second kappa shape index (κ2) is 7.87. The average Bonchev–Trinajstić information content (AvgIpc) is 3.16. The zero-order valence-corrected chi connectivity index (χ0v) is 16.8. The van der Waals surface area contributed by atoms with Crippen molar-refractivity contribution in [3.8, 4) is 11.6 Å². The Hall–Kier alpha value is -2.67. The molecule has 5 rings (SSSR count). The third kappa shape index (κ3) is 3.62. The average molecular weight is 412 g/mol. The van der Waals surface area contributed by atoms with Gasteiger partial charge in [0.1, 0.15) is 11.4 Å². The van der Waals surface area contributed by atoms with Crippen molar-refractivity contribution in [2.45, 2.75) is 31.3 Å². The van der Waals surface area contributed by atoms with E-state index in [0.717, 1.165) is 37.2 Å². The summed E-state index contributed by atoms with van der Waals surface area (Å²) in [5, 5.41) is 0. The van der Waals surface area contributed by atoms with Crippen molar-refractivity contribution in [3.63, 3.8) is 0 Å². The van der Waals surface area contributed by atoms with E-state index in [1.165, 1.54) is 23.9 Å². The number of amides is 1. The van der Waals surface area contributed by atoms with Crippen molar-refractivity contribution in [2.24, 2.45) is 5.92 Å². The van der Waals surface area contributed by atoms with Gasteiger partial charge in [0.15, 0.2) is 5.82 Å². The lowest BCUT2D eigenvalue weighted by Gasteiger charge is -2.50. The van der Waals surface area contributed by atoms with Crippen LogP contribution in [-0.4, -0.2) is 54.3 Å². The summed E-state index contributed by atoms with van der Waals surface area (Å²) in [4.78, 5) is 18.6. The zero-order chi connectivity index (χ0) is 20.6. The summed E-state index contributed by atoms with van der Waals surface area (Å²) in [6.45, 7) is 2.84. The lowest BCUT2D eigenvalue weighted by molar-refractivity contribution is -0.166. The fraction of sp³-hybridized carbons (Fsp3) is 0.478. The van der Waals surface area contributed by atoms with Gasteiger partial charge < -0.3 is 19.1 Å². The van der Waals surface area contributed by atoms with Gasteiger partial charge in [-0.1, -0.05) is 12.1 Å². The number of nitrogens with zero attached hydrogens (tertiary/aromatic N) is 2. The van der Waals surface area contributed by atoms with Crippen LogP contribution in [0.1, 0.15) is 24.0 Å². The molecule has 1 unspecified atom stereocenters. The molecule has 0 N–H and O–H groups in total. The highest BCUT2D eigenvalue weighted by molar-refractivity contribution is 5.80. The van der Waals surface area contributed by atoms with Crippen molar-refractivity contribution in [3.05, 3.63) is 53.5 Å². The number of carbonyl (C=O) groups is 1. The summed E-state index contributed by atoms with van der Waals surface area (Å²) < 4.78 is 31.0. The minimum absolute atomic E-state index is 0.0168. The van der Waals surface area contributed by atoms with Gasteiger partial charge in [0, 0.05) is 18.7 Å². The van der Waals surface area contributed by atoms with Crippen LogP contribution < -0.4 is 9.47 Å². The molecule has 1 amide bonds. The maximum Gasteiger partial charge on any atom is 0.250 e. The number of hydrogen-bond donors (Lipinski definition) is 0. The van der Waals surface area contributed by atoms with Gasteiger partial charge >= 0.3 is 0 Å². The highest BCUT2D eigenvalue weighted by Gasteiger charge is 2.54. The Morgan fingerprint density at radius 2 is 2.20 bits per heavy atom. The first kappa shape index (κ1) is 19.3. The highest BCUT2D eigenvalue weighted by atomic mass is 19.1. The van der Waals surface area contributed by atoms with Crippen molar-refractivity contribution in [2.75, 3.05) is 32.9 Å². The molecule has 158 valence electrons. The standard InChI is InChI=1S/C23H25FN2O4/c24-19-4-1-8-25-22(19)29-13-18-7-10-30-23(18)14-26(15-23)21(27)12-16-5-6-20-17(11-16)3-2-9-28-20/h1,4-6,8,11,18H,2-3,7,9-10,12-15H2. The van der Waals surface area contributed by atoms with Gasteiger partial charge in [-0.05, 0) is 48.6 Å². The number of pyridine rings is 1. The van der Waals surface area contributed by atoms with Crippen LogP contribution in [0.4, 0.5) is 4.39 Å². The molecule has 1 spiro atoms. The van der Waals surface area contributed by atoms with Crippen molar-refractivity contribution in [1.82, 2.24) is 9.88 Å². The molecule has 7 heteroatoms. The van der Waals surface area contributed by atoms with Crippen LogP contribution in [0.5, 0.6) is 11.6 Å². The van der Waals surface area contributed by atoms with E-state index >= 15 is 0 Å². The van der Waals surface area contributed by atoms with Gasteiger partial charge in [0.05, 0.1) is 32.7 Å². The van der Waals surface area contributed by atoms with Crippen molar-refractivity contribution >= 4 is 5.91 Å². The Labute approximate surface area is 174 Å². The molecule has 3 aliphatic heterocycles. The van der Waals surface area contributed by atoms with E-state index in [4.69, 9.17) is 14.2 Å². The Morgan fingerprint density at radius 3 is 3.07 bits per heavy atom. The first-order valence-electron chi connectivity index (χ1n) is 10.5. The Balaban J connectivity index is 1.17. The summed E-state index contributed by atoms with van der Waals surface area (Å²) in [6.07, 6.45) is 4.74. The first-order chi connectivity index (χ1) is 14.6. The smallest absolute Gasteiger partial charge is 0.250 e. The molecule has 0 aliphatic carbocycles. The number of halogens is 1. The largest absolute Gasteiger partial charge is 0.493 e. The van der Waals surface area contributed by atoms with E-state index < -0.39 is 5.82 Å². The Bertz CT molecular complexity index is 945. The number of likely N-dealkylation sites (tertiary alicyclic amines) is 1. The summed E-state index contributed by atoms with van der Waals surface area (Å²) in [5.74, 6) is 0.702. The number of hydrogen-bond acceptors (Lipinski definition) is 5. The number of ether oxygens (including phenoxy) is 3. The van der Waals surface area contributed by atoms with E-state index in [0.29, 0.717) is 32.7 Å². The van der Waals surface area contributed by atoms with Crippen molar-refractivity contribution < 1.29 is 23.4 Å². The number of aromatic nitrogens is 1. The van der Waals surface area contributed by atoms with Gasteiger partial charge in [-0.15, -0.1) is 0 Å². The zero-order valence-electron chi connectivity index (χ0n) is 16.8. The molecular weight excluding hydrogens is 387 g/mol. The van der Waals surface area contributed by atoms with E-state index in [1.54, 1.807) is 0 Å². The van der Waals surface area contributed by atoms with Crippen LogP contribution in [0.3, 0.4) is 0 Å². The van der Waals surface area contributed by atoms with Gasteiger partial charge in [-0.25, -0.2) is 9.37 Å². The quantitative estimate of drug-likeness (QED) is 0.756. The molecule has 0 saturated carbocycles. The predicted octanol–water partition coefficient (Wildman–Crippen LogP) is 2.78. The van der Waals surface area contributed by atoms with Gasteiger partial charge in [0.2, 0.25) is 11.8 Å². The molecule has 3 aliphatic rings. The van der Waals surface area contributed by atoms with E-state index in [2.05, 4.69) is 11.1 Å². The molecule has 1 aromatic carbocycles. The van der Waals surface area contributed by atoms with Crippen LogP contribution in [0, 0.1) is 11.7 Å². The minimum Gasteiger partial charge on any atom is -0.493 e. The number of rotatable bonds is 5. The molecular formula is C23H25FN2O4. The topological polar surface area (TPSA) is 60.9 Å². The van der Waals surface area contributed by atoms with Crippen LogP contribution in [0.25, 0.3) is 0 Å². The molecule has 1 aromatic heterocycles. The monoisotopic (exact) mass is 412 g/mol. The van der Waals surface area contributed by atoms with Crippen LogP contribution in [0.15, 0.2) is 36.5 Å². The second-order valence-corrected chi connectivity index (χ2v) is 8.32. The summed E-state index contributed by atoms with van der Waals surface area (Å²) in [5.41, 5.74) is 1.82. The molecule has 2 aromatic rings. The molecule has 2 saturated heterocycles. The number of aryl methyl sites for hydroxylation is 1. The maximum absolute atomic E-state index is 13.8. The Morgan fingerprint density at radius 1 is 1.30 bits per heavy atom. The predicted molar refractivity (Wildman–Crippen MR) is 107 cm³/mol. The summed E-state index contributed by atoms with van der Waals surface area (Å²) in [7, 11) is 0. The summed E-state index contributed by atoms with van der Waals surface area (Å²) >= 11 is 0. The van der Waals surface area contributed by atoms with Crippen molar-refractivity contribution in [1.29, 1.82) is 0 Å². The van der Waals surface area contributed by atoms with Crippen LogP contribution >= 0.6 is 0 Å². The maximum atomic E-state index is 13.8. The van der Waals surface area contributed by atoms with E-state index in [-0.39, 0.29) is 23.3 Å². The number of benzene rings is 1. The third-order valence-corrected chi connectivity index (χ3v) is 6.34. The normalized spacial score (nSPS) is 21.6. The van der Waals surface area contributed by atoms with Gasteiger partial charge in [-0.2, -0.15) is 0 Å². The third-order valence-electron chi connectivity index (χ3n) is 6.34. The summed E-state index contributed by atoms with van der Waals surface area (Å²) in [6, 6.07) is 8.90. The molecule has 0 bridgehead atoms. The number of carbonyl (C=O) groups excluding carboxylic acids is 1. The number of fused-ring (bicyclic) bond motifs is 1. The fourth-order valence-electron chi connectivity index (χ4n) is 4.61. The second-order valence-electron chi connectivity index (χ2n) is 8.32. The molecule has 0 radical (unpaired) electrons. The lowest BCUT2D eigenvalue weighted by atomic mass is 9.81. The van der Waals surface area contributed by atoms with E-state index in [9.17, 15) is 9.18 Å². The molecule has 6 nitrogen and oxygen atoms in total. The van der Waals surface area contributed by atoms with Gasteiger partial charge in [0.25, 0.3) is 0 Å². The van der Waals surface area contributed by atoms with Crippen LogP contribution in [0.2, 0.25) is 0 Å². The lowest BCUT2D eigenvalue weighted by Crippen LogP contribution is -2.67. The molecule has 2 fully saturated rings. The molecule has 30 heavy (non-hydrogen) atoms. The Kier molecular flexibility index (Phi) is 5.06. The van der Waals surface area contributed by atoms with Gasteiger partial charge in [-0.3, -0.25) is 4.79 Å². The molecule has 1 atom stereocenters.